The van der Waals surface area contributed by atoms with E-state index in [0.29, 0.717) is 0 Å². The smallest absolute Gasteiger partial charge is 0.122 e. The first-order valence-corrected chi connectivity index (χ1v) is 7.07. The van der Waals surface area contributed by atoms with Gasteiger partial charge in [-0.25, -0.2) is 0 Å². The van der Waals surface area contributed by atoms with Crippen molar-refractivity contribution in [1.82, 2.24) is 0 Å². The van der Waals surface area contributed by atoms with E-state index in [0.717, 1.165) is 18.1 Å². The van der Waals surface area contributed by atoms with E-state index in [1.54, 1.807) is 0 Å². The number of hydrogen-bond donors (Lipinski definition) is 0. The standard InChI is InChI=1S/C14H22OS/c1-11-10-12(14(2,3)4)6-7-13(11)15-8-9-16-5/h6-7,10H,8-9H2,1-5H3. The van der Waals surface area contributed by atoms with Crippen LogP contribution in [0.15, 0.2) is 18.2 Å². The zero-order valence-corrected chi connectivity index (χ0v) is 11.8. The van der Waals surface area contributed by atoms with Crippen LogP contribution in [0.25, 0.3) is 0 Å². The van der Waals surface area contributed by atoms with Crippen LogP contribution in [0.5, 0.6) is 5.75 Å². The lowest BCUT2D eigenvalue weighted by Crippen LogP contribution is -2.11. The van der Waals surface area contributed by atoms with Crippen LogP contribution in [-0.4, -0.2) is 18.6 Å². The van der Waals surface area contributed by atoms with E-state index in [9.17, 15) is 0 Å². The molecular weight excluding hydrogens is 216 g/mol. The minimum atomic E-state index is 0.211. The predicted octanol–water partition coefficient (Wildman–Crippen LogP) is 4.03. The summed E-state index contributed by atoms with van der Waals surface area (Å²) in [5, 5.41) is 0. The van der Waals surface area contributed by atoms with Gasteiger partial charge in [-0.1, -0.05) is 32.9 Å². The van der Waals surface area contributed by atoms with Crippen molar-refractivity contribution in [1.29, 1.82) is 0 Å². The van der Waals surface area contributed by atoms with Crippen LogP contribution in [-0.2, 0) is 5.41 Å². The third-order valence-electron chi connectivity index (χ3n) is 2.59. The summed E-state index contributed by atoms with van der Waals surface area (Å²) in [5.74, 6) is 2.06. The molecule has 90 valence electrons. The highest BCUT2D eigenvalue weighted by atomic mass is 32.2. The predicted molar refractivity (Wildman–Crippen MR) is 73.8 cm³/mol. The third-order valence-corrected chi connectivity index (χ3v) is 3.16. The summed E-state index contributed by atoms with van der Waals surface area (Å²) >= 11 is 1.81. The minimum Gasteiger partial charge on any atom is -0.492 e. The fraction of sp³-hybridized carbons (Fsp3) is 0.571. The number of hydrogen-bond acceptors (Lipinski definition) is 2. The Morgan fingerprint density at radius 1 is 1.25 bits per heavy atom. The number of aryl methyl sites for hydroxylation is 1. The summed E-state index contributed by atoms with van der Waals surface area (Å²) in [5.41, 5.74) is 2.80. The molecule has 0 radical (unpaired) electrons. The van der Waals surface area contributed by atoms with Crippen LogP contribution in [0.3, 0.4) is 0 Å². The molecule has 2 heteroatoms. The number of rotatable bonds is 4. The van der Waals surface area contributed by atoms with Gasteiger partial charge in [-0.05, 0) is 35.8 Å². The lowest BCUT2D eigenvalue weighted by Gasteiger charge is -2.20. The highest BCUT2D eigenvalue weighted by molar-refractivity contribution is 7.98. The van der Waals surface area contributed by atoms with Crippen LogP contribution in [0.1, 0.15) is 31.9 Å². The lowest BCUT2D eigenvalue weighted by molar-refractivity contribution is 0.341. The summed E-state index contributed by atoms with van der Waals surface area (Å²) < 4.78 is 5.72. The van der Waals surface area contributed by atoms with Crippen LogP contribution in [0.4, 0.5) is 0 Å². The summed E-state index contributed by atoms with van der Waals surface area (Å²) in [6.07, 6.45) is 2.10. The summed E-state index contributed by atoms with van der Waals surface area (Å²) in [7, 11) is 0. The zero-order valence-electron chi connectivity index (χ0n) is 11.0. The molecule has 1 aromatic carbocycles. The number of ether oxygens (including phenoxy) is 1. The second-order valence-corrected chi connectivity index (χ2v) is 6.06. The first-order chi connectivity index (χ1) is 7.45. The van der Waals surface area contributed by atoms with E-state index in [4.69, 9.17) is 4.74 Å². The van der Waals surface area contributed by atoms with Crippen molar-refractivity contribution in [2.45, 2.75) is 33.1 Å². The van der Waals surface area contributed by atoms with E-state index in [1.807, 2.05) is 11.8 Å². The van der Waals surface area contributed by atoms with Gasteiger partial charge in [0.1, 0.15) is 5.75 Å². The van der Waals surface area contributed by atoms with Crippen LogP contribution >= 0.6 is 11.8 Å². The Labute approximate surface area is 104 Å². The van der Waals surface area contributed by atoms with Gasteiger partial charge in [-0.2, -0.15) is 11.8 Å². The molecule has 0 saturated carbocycles. The van der Waals surface area contributed by atoms with E-state index >= 15 is 0 Å². The molecule has 0 atom stereocenters. The second kappa shape index (κ2) is 5.62. The number of thioether (sulfide) groups is 1. The van der Waals surface area contributed by atoms with Gasteiger partial charge in [-0.3, -0.25) is 0 Å². The molecule has 0 aliphatic carbocycles. The average Bonchev–Trinajstić information content (AvgIpc) is 2.19. The van der Waals surface area contributed by atoms with Gasteiger partial charge in [0.05, 0.1) is 6.61 Å². The van der Waals surface area contributed by atoms with Gasteiger partial charge in [0, 0.05) is 5.75 Å². The Bertz CT molecular complexity index is 339. The lowest BCUT2D eigenvalue weighted by atomic mass is 9.86. The molecule has 0 spiro atoms. The summed E-state index contributed by atoms with van der Waals surface area (Å²) in [6.45, 7) is 9.60. The topological polar surface area (TPSA) is 9.23 Å². The average molecular weight is 238 g/mol. The molecular formula is C14H22OS. The van der Waals surface area contributed by atoms with E-state index in [-0.39, 0.29) is 5.41 Å². The molecule has 0 aliphatic heterocycles. The molecule has 0 aliphatic rings. The van der Waals surface area contributed by atoms with Gasteiger partial charge in [0.25, 0.3) is 0 Å². The van der Waals surface area contributed by atoms with Gasteiger partial charge in [-0.15, -0.1) is 0 Å². The number of benzene rings is 1. The monoisotopic (exact) mass is 238 g/mol. The Balaban J connectivity index is 2.76. The second-order valence-electron chi connectivity index (χ2n) is 5.07. The van der Waals surface area contributed by atoms with E-state index in [1.165, 1.54) is 11.1 Å². The van der Waals surface area contributed by atoms with Crippen molar-refractivity contribution in [2.24, 2.45) is 0 Å². The van der Waals surface area contributed by atoms with Crippen molar-refractivity contribution < 1.29 is 4.74 Å². The molecule has 0 heterocycles. The normalized spacial score (nSPS) is 11.6. The van der Waals surface area contributed by atoms with Crippen molar-refractivity contribution >= 4 is 11.8 Å². The molecule has 0 bridgehead atoms. The summed E-state index contributed by atoms with van der Waals surface area (Å²) in [4.78, 5) is 0. The fourth-order valence-electron chi connectivity index (χ4n) is 1.51. The highest BCUT2D eigenvalue weighted by Crippen LogP contribution is 2.27. The van der Waals surface area contributed by atoms with Crippen molar-refractivity contribution in [3.05, 3.63) is 29.3 Å². The molecule has 0 amide bonds. The van der Waals surface area contributed by atoms with Crippen molar-refractivity contribution in [3.63, 3.8) is 0 Å². The van der Waals surface area contributed by atoms with Gasteiger partial charge >= 0.3 is 0 Å². The molecule has 0 saturated heterocycles. The third kappa shape index (κ3) is 3.75. The molecule has 0 aromatic heterocycles. The molecule has 1 aromatic rings. The molecule has 1 rings (SSSR count). The van der Waals surface area contributed by atoms with Crippen LogP contribution in [0, 0.1) is 6.92 Å². The minimum absolute atomic E-state index is 0.211. The molecule has 0 fully saturated rings. The maximum Gasteiger partial charge on any atom is 0.122 e. The van der Waals surface area contributed by atoms with E-state index < -0.39 is 0 Å². The van der Waals surface area contributed by atoms with Gasteiger partial charge in [0.15, 0.2) is 0 Å². The van der Waals surface area contributed by atoms with E-state index in [2.05, 4.69) is 52.1 Å². The largest absolute Gasteiger partial charge is 0.492 e. The quantitative estimate of drug-likeness (QED) is 0.732. The maximum atomic E-state index is 5.72. The Hall–Kier alpha value is -0.630. The van der Waals surface area contributed by atoms with Crippen LogP contribution < -0.4 is 4.74 Å². The SMILES string of the molecule is CSCCOc1ccc(C(C)(C)C)cc1C. The maximum absolute atomic E-state index is 5.72. The zero-order chi connectivity index (χ0) is 12.2. The van der Waals surface area contributed by atoms with Crippen LogP contribution in [0.2, 0.25) is 0 Å². The fourth-order valence-corrected chi connectivity index (χ4v) is 1.76. The molecule has 16 heavy (non-hydrogen) atoms. The highest BCUT2D eigenvalue weighted by Gasteiger charge is 2.14. The summed E-state index contributed by atoms with van der Waals surface area (Å²) in [6, 6.07) is 6.49. The first kappa shape index (κ1) is 13.4. The Kier molecular flexibility index (Phi) is 4.72. The van der Waals surface area contributed by atoms with Crippen molar-refractivity contribution in [3.8, 4) is 5.75 Å². The Morgan fingerprint density at radius 3 is 2.44 bits per heavy atom. The molecule has 0 unspecified atom stereocenters. The first-order valence-electron chi connectivity index (χ1n) is 5.68. The van der Waals surface area contributed by atoms with Gasteiger partial charge in [0.2, 0.25) is 0 Å². The van der Waals surface area contributed by atoms with Gasteiger partial charge < -0.3 is 4.74 Å². The Morgan fingerprint density at radius 2 is 1.94 bits per heavy atom. The van der Waals surface area contributed by atoms with Crippen molar-refractivity contribution in [2.75, 3.05) is 18.6 Å². The molecule has 1 nitrogen and oxygen atoms in total. The molecule has 0 N–H and O–H groups in total.